The van der Waals surface area contributed by atoms with Crippen LogP contribution in [-0.4, -0.2) is 11.6 Å². The van der Waals surface area contributed by atoms with Crippen LogP contribution in [0.15, 0.2) is 41.8 Å². The molecule has 0 atom stereocenters. The average molecular weight is 316 g/mol. The molecule has 0 fully saturated rings. The molecule has 0 spiro atoms. The molecule has 3 nitrogen and oxygen atoms in total. The maximum atomic E-state index is 5.92. The third-order valence-electron chi connectivity index (χ3n) is 3.09. The normalized spacial score (nSPS) is 10.7. The first-order chi connectivity index (χ1) is 10.3. The van der Waals surface area contributed by atoms with Gasteiger partial charge in [0.25, 0.3) is 0 Å². The Balaban J connectivity index is 1.96. The first-order valence-corrected chi connectivity index (χ1v) is 8.47. The fraction of sp³-hybridized carbons (Fsp3) is 0.188. The lowest BCUT2D eigenvalue weighted by molar-refractivity contribution is 0.337. The van der Waals surface area contributed by atoms with E-state index in [0.29, 0.717) is 11.7 Å². The number of benzene rings is 1. The summed E-state index contributed by atoms with van der Waals surface area (Å²) in [5.74, 6) is 0.934. The number of nitrogens with zero attached hydrogens (tertiary/aromatic N) is 1. The number of nitrogens with two attached hydrogens (primary N) is 1. The molecule has 0 aliphatic carbocycles. The topological polar surface area (TPSA) is 48.1 Å². The van der Waals surface area contributed by atoms with Crippen molar-refractivity contribution in [3.05, 3.63) is 52.2 Å². The van der Waals surface area contributed by atoms with Gasteiger partial charge in [-0.3, -0.25) is 0 Å². The number of hydrogen-bond acceptors (Lipinski definition) is 5. The van der Waals surface area contributed by atoms with Gasteiger partial charge in [-0.15, -0.1) is 22.7 Å². The molecular weight excluding hydrogens is 300 g/mol. The fourth-order valence-electron chi connectivity index (χ4n) is 2.21. The van der Waals surface area contributed by atoms with Crippen molar-refractivity contribution in [2.75, 3.05) is 12.3 Å². The Morgan fingerprint density at radius 2 is 2.05 bits per heavy atom. The van der Waals surface area contributed by atoms with Gasteiger partial charge >= 0.3 is 0 Å². The van der Waals surface area contributed by atoms with Crippen LogP contribution in [0.4, 0.5) is 5.13 Å². The molecule has 3 rings (SSSR count). The second kappa shape index (κ2) is 6.28. The van der Waals surface area contributed by atoms with E-state index < -0.39 is 0 Å². The summed E-state index contributed by atoms with van der Waals surface area (Å²) in [5.41, 5.74) is 8.08. The van der Waals surface area contributed by atoms with E-state index in [2.05, 4.69) is 22.5 Å². The first kappa shape index (κ1) is 14.1. The Hall–Kier alpha value is -1.85. The molecule has 0 aliphatic heterocycles. The zero-order valence-electron chi connectivity index (χ0n) is 11.7. The fourth-order valence-corrected chi connectivity index (χ4v) is 3.89. The van der Waals surface area contributed by atoms with Gasteiger partial charge in [-0.2, -0.15) is 0 Å². The van der Waals surface area contributed by atoms with Crippen LogP contribution in [0.1, 0.15) is 17.4 Å². The zero-order chi connectivity index (χ0) is 14.7. The number of para-hydroxylation sites is 1. The molecule has 0 amide bonds. The maximum Gasteiger partial charge on any atom is 0.180 e. The van der Waals surface area contributed by atoms with Gasteiger partial charge < -0.3 is 10.5 Å². The largest absolute Gasteiger partial charge is 0.494 e. The van der Waals surface area contributed by atoms with Gasteiger partial charge in [-0.25, -0.2) is 4.98 Å². The van der Waals surface area contributed by atoms with Gasteiger partial charge in [-0.05, 0) is 30.0 Å². The van der Waals surface area contributed by atoms with Gasteiger partial charge in [-0.1, -0.05) is 24.3 Å². The smallest absolute Gasteiger partial charge is 0.180 e. The molecule has 2 N–H and O–H groups in total. The van der Waals surface area contributed by atoms with E-state index in [-0.39, 0.29) is 0 Å². The third kappa shape index (κ3) is 3.09. The van der Waals surface area contributed by atoms with Crippen molar-refractivity contribution in [1.29, 1.82) is 0 Å². The molecule has 0 saturated carbocycles. The zero-order valence-corrected chi connectivity index (χ0v) is 13.3. The Labute approximate surface area is 132 Å². The summed E-state index contributed by atoms with van der Waals surface area (Å²) in [5, 5.41) is 2.67. The van der Waals surface area contributed by atoms with Crippen LogP contribution in [0.25, 0.3) is 10.6 Å². The highest BCUT2D eigenvalue weighted by Crippen LogP contribution is 2.35. The standard InChI is InChI=1S/C16H16N2OS2/c1-2-19-12-7-4-3-6-11(12)10-14-15(18-16(17)21-14)13-8-5-9-20-13/h3-9H,2,10H2,1H3,(H2,17,18). The summed E-state index contributed by atoms with van der Waals surface area (Å²) in [4.78, 5) is 6.83. The summed E-state index contributed by atoms with van der Waals surface area (Å²) in [6.07, 6.45) is 0.790. The van der Waals surface area contributed by atoms with Crippen molar-refractivity contribution in [1.82, 2.24) is 4.98 Å². The van der Waals surface area contributed by atoms with Crippen molar-refractivity contribution in [2.24, 2.45) is 0 Å². The minimum absolute atomic E-state index is 0.613. The molecule has 5 heteroatoms. The third-order valence-corrected chi connectivity index (χ3v) is 4.85. The molecule has 0 bridgehead atoms. The van der Waals surface area contributed by atoms with E-state index in [1.165, 1.54) is 10.4 Å². The predicted octanol–water partition coefficient (Wildman–Crippen LogP) is 4.44. The van der Waals surface area contributed by atoms with Gasteiger partial charge in [0.1, 0.15) is 5.75 Å². The van der Waals surface area contributed by atoms with E-state index in [9.17, 15) is 0 Å². The number of anilines is 1. The van der Waals surface area contributed by atoms with E-state index >= 15 is 0 Å². The van der Waals surface area contributed by atoms with Gasteiger partial charge in [0.15, 0.2) is 5.13 Å². The monoisotopic (exact) mass is 316 g/mol. The first-order valence-electron chi connectivity index (χ1n) is 6.77. The number of nitrogen functional groups attached to an aromatic ring is 1. The molecule has 0 aliphatic rings. The number of thiophene rings is 1. The lowest BCUT2D eigenvalue weighted by atomic mass is 10.1. The van der Waals surface area contributed by atoms with E-state index in [0.717, 1.165) is 22.7 Å². The molecule has 108 valence electrons. The summed E-state index contributed by atoms with van der Waals surface area (Å²) in [6.45, 7) is 2.66. The average Bonchev–Trinajstić information content (AvgIpc) is 3.11. The van der Waals surface area contributed by atoms with Gasteiger partial charge in [0.05, 0.1) is 17.2 Å². The molecule has 2 aromatic heterocycles. The molecule has 3 aromatic rings. The quantitative estimate of drug-likeness (QED) is 0.757. The minimum Gasteiger partial charge on any atom is -0.494 e. The summed E-state index contributed by atoms with van der Waals surface area (Å²) in [6, 6.07) is 12.3. The Bertz CT molecular complexity index is 720. The van der Waals surface area contributed by atoms with Crippen LogP contribution in [0, 0.1) is 0 Å². The molecular formula is C16H16N2OS2. The summed E-state index contributed by atoms with van der Waals surface area (Å²) >= 11 is 3.24. The van der Waals surface area contributed by atoms with Crippen LogP contribution >= 0.6 is 22.7 Å². The highest BCUT2D eigenvalue weighted by molar-refractivity contribution is 7.17. The summed E-state index contributed by atoms with van der Waals surface area (Å²) < 4.78 is 5.70. The molecule has 0 radical (unpaired) electrons. The lowest BCUT2D eigenvalue weighted by Crippen LogP contribution is -1.97. The van der Waals surface area contributed by atoms with Crippen molar-refractivity contribution >= 4 is 27.8 Å². The molecule has 1 aromatic carbocycles. The van der Waals surface area contributed by atoms with Crippen LogP contribution < -0.4 is 10.5 Å². The summed E-state index contributed by atoms with van der Waals surface area (Å²) in [7, 11) is 0. The molecule has 2 heterocycles. The van der Waals surface area contributed by atoms with Crippen LogP contribution in [-0.2, 0) is 6.42 Å². The Kier molecular flexibility index (Phi) is 4.22. The highest BCUT2D eigenvalue weighted by atomic mass is 32.1. The SMILES string of the molecule is CCOc1ccccc1Cc1sc(N)nc1-c1cccs1. The lowest BCUT2D eigenvalue weighted by Gasteiger charge is -2.09. The predicted molar refractivity (Wildman–Crippen MR) is 90.3 cm³/mol. The second-order valence-corrected chi connectivity index (χ2v) is 6.58. The van der Waals surface area contributed by atoms with Gasteiger partial charge in [0, 0.05) is 11.3 Å². The second-order valence-electron chi connectivity index (χ2n) is 4.52. The maximum absolute atomic E-state index is 5.92. The molecule has 0 unspecified atom stereocenters. The van der Waals surface area contributed by atoms with Crippen molar-refractivity contribution < 1.29 is 4.74 Å². The number of hydrogen-bond donors (Lipinski definition) is 1. The highest BCUT2D eigenvalue weighted by Gasteiger charge is 2.15. The van der Waals surface area contributed by atoms with E-state index in [1.54, 1.807) is 22.7 Å². The molecule has 0 saturated heterocycles. The van der Waals surface area contributed by atoms with Crippen LogP contribution in [0.5, 0.6) is 5.75 Å². The van der Waals surface area contributed by atoms with Crippen LogP contribution in [0.2, 0.25) is 0 Å². The minimum atomic E-state index is 0.613. The number of thiazole rings is 1. The van der Waals surface area contributed by atoms with E-state index in [1.807, 2.05) is 31.2 Å². The number of rotatable bonds is 5. The van der Waals surface area contributed by atoms with Crippen molar-refractivity contribution in [3.8, 4) is 16.3 Å². The molecule has 21 heavy (non-hydrogen) atoms. The Morgan fingerprint density at radius 1 is 1.19 bits per heavy atom. The Morgan fingerprint density at radius 3 is 2.81 bits per heavy atom. The van der Waals surface area contributed by atoms with Crippen molar-refractivity contribution in [3.63, 3.8) is 0 Å². The van der Waals surface area contributed by atoms with Crippen molar-refractivity contribution in [2.45, 2.75) is 13.3 Å². The van der Waals surface area contributed by atoms with E-state index in [4.69, 9.17) is 10.5 Å². The van der Waals surface area contributed by atoms with Gasteiger partial charge in [0.2, 0.25) is 0 Å². The number of ether oxygens (including phenoxy) is 1. The number of aromatic nitrogens is 1. The van der Waals surface area contributed by atoms with Crippen LogP contribution in [0.3, 0.4) is 0 Å².